The molecule has 0 bridgehead atoms. The van der Waals surface area contributed by atoms with E-state index in [-0.39, 0.29) is 0 Å². The van der Waals surface area contributed by atoms with Gasteiger partial charge in [0.1, 0.15) is 12.4 Å². The van der Waals surface area contributed by atoms with Gasteiger partial charge in [-0.05, 0) is 36.7 Å². The molecule has 0 saturated heterocycles. The van der Waals surface area contributed by atoms with Gasteiger partial charge in [-0.3, -0.25) is 0 Å². The lowest BCUT2D eigenvalue weighted by Gasteiger charge is -2.10. The molecule has 0 saturated carbocycles. The van der Waals surface area contributed by atoms with Crippen molar-refractivity contribution in [2.24, 2.45) is 5.73 Å². The van der Waals surface area contributed by atoms with Crippen LogP contribution in [0.4, 0.5) is 0 Å². The number of ether oxygens (including phenoxy) is 1. The molecule has 0 heterocycles. The molecule has 0 radical (unpaired) electrons. The first-order valence-corrected chi connectivity index (χ1v) is 6.81. The summed E-state index contributed by atoms with van der Waals surface area (Å²) in [6.45, 7) is 1.01. The van der Waals surface area contributed by atoms with Crippen molar-refractivity contribution >= 4 is 23.2 Å². The van der Waals surface area contributed by atoms with Crippen molar-refractivity contribution in [1.29, 1.82) is 0 Å². The lowest BCUT2D eigenvalue weighted by molar-refractivity contribution is 0.306. The van der Waals surface area contributed by atoms with E-state index in [0.29, 0.717) is 28.9 Å². The molecular weight excluding hydrogens is 281 g/mol. The van der Waals surface area contributed by atoms with Crippen LogP contribution in [-0.4, -0.2) is 6.54 Å². The Morgan fingerprint density at radius 3 is 2.47 bits per heavy atom. The third-order valence-corrected chi connectivity index (χ3v) is 3.43. The highest BCUT2D eigenvalue weighted by Crippen LogP contribution is 2.27. The van der Waals surface area contributed by atoms with E-state index < -0.39 is 0 Å². The molecule has 19 heavy (non-hydrogen) atoms. The smallest absolute Gasteiger partial charge is 0.138 e. The SMILES string of the molecule is NCCc1ccc(OCc2ccccc2Cl)c(Cl)c1. The zero-order chi connectivity index (χ0) is 13.7. The number of nitrogens with two attached hydrogens (primary N) is 1. The van der Waals surface area contributed by atoms with Crippen LogP contribution in [0.1, 0.15) is 11.1 Å². The first kappa shape index (κ1) is 14.2. The fourth-order valence-electron chi connectivity index (χ4n) is 1.75. The van der Waals surface area contributed by atoms with E-state index in [1.807, 2.05) is 42.5 Å². The maximum Gasteiger partial charge on any atom is 0.138 e. The van der Waals surface area contributed by atoms with Crippen LogP contribution >= 0.6 is 23.2 Å². The van der Waals surface area contributed by atoms with Crippen LogP contribution in [0.15, 0.2) is 42.5 Å². The van der Waals surface area contributed by atoms with Gasteiger partial charge in [-0.2, -0.15) is 0 Å². The molecule has 4 heteroatoms. The Balaban J connectivity index is 2.06. The highest BCUT2D eigenvalue weighted by molar-refractivity contribution is 6.32. The molecule has 0 aliphatic carbocycles. The van der Waals surface area contributed by atoms with E-state index in [1.165, 1.54) is 0 Å². The van der Waals surface area contributed by atoms with Crippen LogP contribution in [0.25, 0.3) is 0 Å². The number of hydrogen-bond acceptors (Lipinski definition) is 2. The van der Waals surface area contributed by atoms with E-state index in [0.717, 1.165) is 17.5 Å². The van der Waals surface area contributed by atoms with Crippen LogP contribution in [0.2, 0.25) is 10.0 Å². The Bertz CT molecular complexity index is 558. The standard InChI is InChI=1S/C15H15Cl2NO/c16-13-4-2-1-3-12(13)10-19-15-6-5-11(7-8-18)9-14(15)17/h1-6,9H,7-8,10,18H2. The average Bonchev–Trinajstić information content (AvgIpc) is 2.40. The van der Waals surface area contributed by atoms with E-state index in [9.17, 15) is 0 Å². The Morgan fingerprint density at radius 1 is 1.00 bits per heavy atom. The minimum Gasteiger partial charge on any atom is -0.487 e. The van der Waals surface area contributed by atoms with Gasteiger partial charge in [0.2, 0.25) is 0 Å². The first-order valence-electron chi connectivity index (χ1n) is 6.05. The summed E-state index contributed by atoms with van der Waals surface area (Å²) in [5.41, 5.74) is 7.56. The first-order chi connectivity index (χ1) is 9.20. The molecule has 0 aliphatic heterocycles. The van der Waals surface area contributed by atoms with Crippen molar-refractivity contribution in [3.8, 4) is 5.75 Å². The van der Waals surface area contributed by atoms with Gasteiger partial charge < -0.3 is 10.5 Å². The van der Waals surface area contributed by atoms with Gasteiger partial charge in [0.05, 0.1) is 5.02 Å². The molecule has 2 nitrogen and oxygen atoms in total. The topological polar surface area (TPSA) is 35.2 Å². The number of benzene rings is 2. The van der Waals surface area contributed by atoms with E-state index in [4.69, 9.17) is 33.7 Å². The van der Waals surface area contributed by atoms with E-state index >= 15 is 0 Å². The van der Waals surface area contributed by atoms with Gasteiger partial charge in [-0.1, -0.05) is 47.5 Å². The Morgan fingerprint density at radius 2 is 1.79 bits per heavy atom. The molecule has 2 rings (SSSR count). The number of rotatable bonds is 5. The van der Waals surface area contributed by atoms with Gasteiger partial charge in [0.25, 0.3) is 0 Å². The van der Waals surface area contributed by atoms with Crippen molar-refractivity contribution in [3.63, 3.8) is 0 Å². The Kier molecular flexibility index (Phi) is 5.08. The predicted molar refractivity (Wildman–Crippen MR) is 80.0 cm³/mol. The second-order valence-corrected chi connectivity index (χ2v) is 5.00. The molecule has 0 amide bonds. The maximum atomic E-state index is 6.17. The van der Waals surface area contributed by atoms with Gasteiger partial charge in [0.15, 0.2) is 0 Å². The Hall–Kier alpha value is -1.22. The van der Waals surface area contributed by atoms with Crippen LogP contribution in [0.5, 0.6) is 5.75 Å². The maximum absolute atomic E-state index is 6.17. The van der Waals surface area contributed by atoms with Crippen molar-refractivity contribution in [1.82, 2.24) is 0 Å². The van der Waals surface area contributed by atoms with Crippen molar-refractivity contribution in [3.05, 3.63) is 63.6 Å². The van der Waals surface area contributed by atoms with Crippen molar-refractivity contribution in [2.75, 3.05) is 6.54 Å². The summed E-state index contributed by atoms with van der Waals surface area (Å²) in [5, 5.41) is 1.29. The fourth-order valence-corrected chi connectivity index (χ4v) is 2.20. The van der Waals surface area contributed by atoms with Crippen LogP contribution < -0.4 is 10.5 Å². The summed E-state index contributed by atoms with van der Waals surface area (Å²) >= 11 is 12.2. The Labute approximate surface area is 123 Å². The van der Waals surface area contributed by atoms with Crippen molar-refractivity contribution in [2.45, 2.75) is 13.0 Å². The van der Waals surface area contributed by atoms with Crippen molar-refractivity contribution < 1.29 is 4.74 Å². The lowest BCUT2D eigenvalue weighted by Crippen LogP contribution is -2.03. The molecule has 2 N–H and O–H groups in total. The summed E-state index contributed by atoms with van der Waals surface area (Å²) in [6.07, 6.45) is 0.810. The summed E-state index contributed by atoms with van der Waals surface area (Å²) < 4.78 is 5.69. The fraction of sp³-hybridized carbons (Fsp3) is 0.200. The minimum absolute atomic E-state index is 0.398. The zero-order valence-electron chi connectivity index (χ0n) is 10.4. The lowest BCUT2D eigenvalue weighted by atomic mass is 10.1. The molecule has 2 aromatic rings. The van der Waals surface area contributed by atoms with E-state index in [1.54, 1.807) is 0 Å². The summed E-state index contributed by atoms with van der Waals surface area (Å²) in [6, 6.07) is 13.3. The molecule has 0 fully saturated rings. The molecule has 0 unspecified atom stereocenters. The summed E-state index contributed by atoms with van der Waals surface area (Å²) in [4.78, 5) is 0. The molecule has 0 spiro atoms. The minimum atomic E-state index is 0.398. The molecule has 0 aromatic heterocycles. The van der Waals surface area contributed by atoms with Crippen LogP contribution in [-0.2, 0) is 13.0 Å². The molecule has 100 valence electrons. The molecule has 0 aliphatic rings. The van der Waals surface area contributed by atoms with Gasteiger partial charge in [-0.25, -0.2) is 0 Å². The second-order valence-electron chi connectivity index (χ2n) is 4.18. The van der Waals surface area contributed by atoms with Gasteiger partial charge >= 0.3 is 0 Å². The number of hydrogen-bond donors (Lipinski definition) is 1. The third-order valence-electron chi connectivity index (χ3n) is 2.77. The van der Waals surface area contributed by atoms with Gasteiger partial charge in [-0.15, -0.1) is 0 Å². The molecule has 0 atom stereocenters. The molecule has 2 aromatic carbocycles. The van der Waals surface area contributed by atoms with Crippen LogP contribution in [0, 0.1) is 0 Å². The second kappa shape index (κ2) is 6.80. The largest absolute Gasteiger partial charge is 0.487 e. The van der Waals surface area contributed by atoms with Crippen LogP contribution in [0.3, 0.4) is 0 Å². The monoisotopic (exact) mass is 295 g/mol. The van der Waals surface area contributed by atoms with E-state index in [2.05, 4.69) is 0 Å². The zero-order valence-corrected chi connectivity index (χ0v) is 11.9. The highest BCUT2D eigenvalue weighted by atomic mass is 35.5. The normalized spacial score (nSPS) is 10.5. The third kappa shape index (κ3) is 3.87. The average molecular weight is 296 g/mol. The predicted octanol–water partition coefficient (Wildman–Crippen LogP) is 4.07. The number of halogens is 2. The van der Waals surface area contributed by atoms with Gasteiger partial charge in [0, 0.05) is 10.6 Å². The summed E-state index contributed by atoms with van der Waals surface area (Å²) in [5.74, 6) is 0.655. The summed E-state index contributed by atoms with van der Waals surface area (Å²) in [7, 11) is 0. The highest BCUT2D eigenvalue weighted by Gasteiger charge is 2.05. The molecular formula is C15H15Cl2NO. The quantitative estimate of drug-likeness (QED) is 0.902.